The lowest BCUT2D eigenvalue weighted by atomic mass is 10.1. The van der Waals surface area contributed by atoms with E-state index in [4.69, 9.17) is 4.74 Å². The zero-order valence-corrected chi connectivity index (χ0v) is 18.1. The molecule has 30 heavy (non-hydrogen) atoms. The van der Waals surface area contributed by atoms with Crippen molar-refractivity contribution >= 4 is 51.4 Å². The molecule has 1 atom stereocenters. The standard InChI is InChI=1S/C22H23N3O3S2/c26-20(23-12-17-7-4-10-28-17)11-16-13-29-22(24-16)30-14-21(27)25-19-9-3-6-15-5-1-2-8-18(15)19/h1-3,5-6,8-9,13,17H,4,7,10-12,14H2,(H,23,26)(H,25,27). The molecule has 2 amide bonds. The minimum absolute atomic E-state index is 0.0546. The summed E-state index contributed by atoms with van der Waals surface area (Å²) in [6.07, 6.45) is 2.43. The predicted molar refractivity (Wildman–Crippen MR) is 121 cm³/mol. The maximum absolute atomic E-state index is 12.4. The molecular weight excluding hydrogens is 418 g/mol. The predicted octanol–water partition coefficient (Wildman–Crippen LogP) is 3.86. The minimum Gasteiger partial charge on any atom is -0.376 e. The number of hydrogen-bond donors (Lipinski definition) is 2. The van der Waals surface area contributed by atoms with Crippen LogP contribution in [0.1, 0.15) is 18.5 Å². The largest absolute Gasteiger partial charge is 0.376 e. The quantitative estimate of drug-likeness (QED) is 0.519. The maximum Gasteiger partial charge on any atom is 0.234 e. The lowest BCUT2D eigenvalue weighted by Crippen LogP contribution is -2.32. The first-order valence-electron chi connectivity index (χ1n) is 9.90. The Labute approximate surface area is 183 Å². The Morgan fingerprint density at radius 3 is 2.90 bits per heavy atom. The van der Waals surface area contributed by atoms with Crippen LogP contribution in [0.5, 0.6) is 0 Å². The van der Waals surface area contributed by atoms with Gasteiger partial charge in [0.05, 0.1) is 24.0 Å². The van der Waals surface area contributed by atoms with Crippen LogP contribution in [-0.4, -0.2) is 41.8 Å². The average molecular weight is 442 g/mol. The monoisotopic (exact) mass is 441 g/mol. The first kappa shape index (κ1) is 20.8. The molecule has 0 bridgehead atoms. The third kappa shape index (κ3) is 5.59. The zero-order chi connectivity index (χ0) is 20.8. The van der Waals surface area contributed by atoms with Gasteiger partial charge in [0.2, 0.25) is 11.8 Å². The fraction of sp³-hybridized carbons (Fsp3) is 0.318. The molecule has 1 fully saturated rings. The third-order valence-corrected chi connectivity index (χ3v) is 6.88. The number of benzene rings is 2. The summed E-state index contributed by atoms with van der Waals surface area (Å²) in [5.74, 6) is 0.130. The number of anilines is 1. The molecule has 8 heteroatoms. The molecule has 156 valence electrons. The van der Waals surface area contributed by atoms with E-state index in [0.29, 0.717) is 6.54 Å². The number of amides is 2. The first-order chi connectivity index (χ1) is 14.7. The summed E-state index contributed by atoms with van der Waals surface area (Å²) >= 11 is 2.83. The maximum atomic E-state index is 12.4. The van der Waals surface area contributed by atoms with E-state index >= 15 is 0 Å². The number of thioether (sulfide) groups is 1. The summed E-state index contributed by atoms with van der Waals surface area (Å²) in [5.41, 5.74) is 1.53. The second-order valence-electron chi connectivity index (χ2n) is 7.08. The van der Waals surface area contributed by atoms with E-state index < -0.39 is 0 Å². The van der Waals surface area contributed by atoms with Crippen LogP contribution in [0.4, 0.5) is 5.69 Å². The van der Waals surface area contributed by atoms with Crippen LogP contribution >= 0.6 is 23.1 Å². The molecule has 0 saturated carbocycles. The highest BCUT2D eigenvalue weighted by Gasteiger charge is 2.17. The minimum atomic E-state index is -0.0811. The van der Waals surface area contributed by atoms with Gasteiger partial charge in [-0.05, 0) is 24.3 Å². The van der Waals surface area contributed by atoms with Gasteiger partial charge in [-0.25, -0.2) is 4.98 Å². The molecule has 0 spiro atoms. The Bertz CT molecular complexity index is 1030. The van der Waals surface area contributed by atoms with E-state index in [-0.39, 0.29) is 30.1 Å². The molecule has 3 aromatic rings. The van der Waals surface area contributed by atoms with Crippen LogP contribution in [0.25, 0.3) is 10.8 Å². The third-order valence-electron chi connectivity index (χ3n) is 4.81. The Hall–Kier alpha value is -2.42. The van der Waals surface area contributed by atoms with Crippen LogP contribution in [-0.2, 0) is 20.7 Å². The first-order valence-corrected chi connectivity index (χ1v) is 11.8. The van der Waals surface area contributed by atoms with E-state index in [1.807, 2.05) is 47.8 Å². The number of carbonyl (C=O) groups is 2. The van der Waals surface area contributed by atoms with Crippen molar-refractivity contribution in [2.24, 2.45) is 0 Å². The number of aromatic nitrogens is 1. The summed E-state index contributed by atoms with van der Waals surface area (Å²) in [6, 6.07) is 13.8. The number of carbonyl (C=O) groups excluding carboxylic acids is 2. The second-order valence-corrected chi connectivity index (χ2v) is 9.16. The Morgan fingerprint density at radius 2 is 2.03 bits per heavy atom. The van der Waals surface area contributed by atoms with Gasteiger partial charge in [0.25, 0.3) is 0 Å². The van der Waals surface area contributed by atoms with E-state index in [0.717, 1.165) is 45.9 Å². The molecule has 1 unspecified atom stereocenters. The normalized spacial score (nSPS) is 15.9. The topological polar surface area (TPSA) is 80.3 Å². The van der Waals surface area contributed by atoms with Crippen molar-refractivity contribution in [3.63, 3.8) is 0 Å². The van der Waals surface area contributed by atoms with E-state index in [2.05, 4.69) is 15.6 Å². The van der Waals surface area contributed by atoms with Crippen molar-refractivity contribution in [1.82, 2.24) is 10.3 Å². The lowest BCUT2D eigenvalue weighted by molar-refractivity contribution is -0.121. The Balaban J connectivity index is 1.24. The smallest absolute Gasteiger partial charge is 0.234 e. The Morgan fingerprint density at radius 1 is 1.17 bits per heavy atom. The van der Waals surface area contributed by atoms with Crippen molar-refractivity contribution in [2.75, 3.05) is 24.2 Å². The molecule has 0 radical (unpaired) electrons. The second kappa shape index (κ2) is 10.1. The van der Waals surface area contributed by atoms with E-state index in [1.165, 1.54) is 23.1 Å². The molecule has 1 aliphatic rings. The van der Waals surface area contributed by atoms with Crippen molar-refractivity contribution in [3.8, 4) is 0 Å². The van der Waals surface area contributed by atoms with Crippen LogP contribution in [0, 0.1) is 0 Å². The number of thiazole rings is 1. The van der Waals surface area contributed by atoms with Crippen molar-refractivity contribution < 1.29 is 14.3 Å². The van der Waals surface area contributed by atoms with Gasteiger partial charge >= 0.3 is 0 Å². The summed E-state index contributed by atoms with van der Waals surface area (Å²) in [5, 5.41) is 9.86. The van der Waals surface area contributed by atoms with Gasteiger partial charge in [0.1, 0.15) is 0 Å². The van der Waals surface area contributed by atoms with E-state index in [9.17, 15) is 9.59 Å². The lowest BCUT2D eigenvalue weighted by Gasteiger charge is -2.10. The molecule has 2 aromatic carbocycles. The number of ether oxygens (including phenoxy) is 1. The highest BCUT2D eigenvalue weighted by molar-refractivity contribution is 8.01. The molecule has 1 saturated heterocycles. The highest BCUT2D eigenvalue weighted by atomic mass is 32.2. The molecule has 6 nitrogen and oxygen atoms in total. The number of hydrogen-bond acceptors (Lipinski definition) is 6. The zero-order valence-electron chi connectivity index (χ0n) is 16.4. The van der Waals surface area contributed by atoms with Crippen LogP contribution < -0.4 is 10.6 Å². The van der Waals surface area contributed by atoms with Gasteiger partial charge in [-0.15, -0.1) is 11.3 Å². The number of nitrogens with zero attached hydrogens (tertiary/aromatic N) is 1. The van der Waals surface area contributed by atoms with Gasteiger partial charge in [-0.3, -0.25) is 9.59 Å². The molecular formula is C22H23N3O3S2. The van der Waals surface area contributed by atoms with Gasteiger partial charge in [0, 0.05) is 29.6 Å². The number of nitrogens with one attached hydrogen (secondary N) is 2. The summed E-state index contributed by atoms with van der Waals surface area (Å²) in [7, 11) is 0. The van der Waals surface area contributed by atoms with Crippen molar-refractivity contribution in [3.05, 3.63) is 53.5 Å². The molecule has 2 N–H and O–H groups in total. The van der Waals surface area contributed by atoms with Gasteiger partial charge in [-0.2, -0.15) is 0 Å². The summed E-state index contributed by atoms with van der Waals surface area (Å²) in [4.78, 5) is 28.9. The fourth-order valence-corrected chi connectivity index (χ4v) is 4.99. The van der Waals surface area contributed by atoms with Crippen LogP contribution in [0.2, 0.25) is 0 Å². The van der Waals surface area contributed by atoms with Crippen LogP contribution in [0.3, 0.4) is 0 Å². The van der Waals surface area contributed by atoms with Gasteiger partial charge < -0.3 is 15.4 Å². The highest BCUT2D eigenvalue weighted by Crippen LogP contribution is 2.25. The molecule has 2 heterocycles. The van der Waals surface area contributed by atoms with Crippen molar-refractivity contribution in [2.45, 2.75) is 29.7 Å². The SMILES string of the molecule is O=C(Cc1csc(SCC(=O)Nc2cccc3ccccc23)n1)NCC1CCCO1. The summed E-state index contributed by atoms with van der Waals surface area (Å²) < 4.78 is 6.29. The molecule has 4 rings (SSSR count). The van der Waals surface area contributed by atoms with Crippen LogP contribution in [0.15, 0.2) is 52.2 Å². The van der Waals surface area contributed by atoms with Gasteiger partial charge in [0.15, 0.2) is 4.34 Å². The Kier molecular flexibility index (Phi) is 6.99. The fourth-order valence-electron chi connectivity index (χ4n) is 3.34. The number of rotatable bonds is 8. The van der Waals surface area contributed by atoms with E-state index in [1.54, 1.807) is 0 Å². The van der Waals surface area contributed by atoms with Crippen molar-refractivity contribution in [1.29, 1.82) is 0 Å². The summed E-state index contributed by atoms with van der Waals surface area (Å²) in [6.45, 7) is 1.33. The molecule has 1 aromatic heterocycles. The molecule has 0 aliphatic carbocycles. The average Bonchev–Trinajstić information content (AvgIpc) is 3.43. The molecule has 1 aliphatic heterocycles. The number of fused-ring (bicyclic) bond motifs is 1. The van der Waals surface area contributed by atoms with Gasteiger partial charge in [-0.1, -0.05) is 48.2 Å².